The fraction of sp³-hybridized carbons (Fsp3) is 0.750. The first kappa shape index (κ1) is 14.8. The van der Waals surface area contributed by atoms with E-state index in [0.29, 0.717) is 6.42 Å². The molecule has 0 aromatic rings. The minimum Gasteiger partial charge on any atom is -0.459 e. The van der Waals surface area contributed by atoms with E-state index in [-0.39, 0.29) is 19.7 Å². The third-order valence-electron chi connectivity index (χ3n) is 1.46. The lowest BCUT2D eigenvalue weighted by molar-refractivity contribution is -0.154. The van der Waals surface area contributed by atoms with Gasteiger partial charge in [-0.25, -0.2) is 17.9 Å². The molecule has 0 atom stereocenters. The van der Waals surface area contributed by atoms with Gasteiger partial charge in [0.2, 0.25) is 10.0 Å². The summed E-state index contributed by atoms with van der Waals surface area (Å²) in [4.78, 5) is 21.8. The quantitative estimate of drug-likeness (QED) is 0.344. The lowest BCUT2D eigenvalue weighted by atomic mass is 10.4. The van der Waals surface area contributed by atoms with E-state index in [4.69, 9.17) is 0 Å². The van der Waals surface area contributed by atoms with Gasteiger partial charge in [0.15, 0.2) is 0 Å². The molecule has 0 aliphatic carbocycles. The molecule has 94 valence electrons. The molecule has 0 saturated heterocycles. The summed E-state index contributed by atoms with van der Waals surface area (Å²) >= 11 is 0. The van der Waals surface area contributed by atoms with Gasteiger partial charge in [0, 0.05) is 13.1 Å². The Hall–Kier alpha value is -1.15. The van der Waals surface area contributed by atoms with Crippen molar-refractivity contribution in [2.75, 3.05) is 26.0 Å². The summed E-state index contributed by atoms with van der Waals surface area (Å²) in [6.45, 7) is 2.16. The monoisotopic (exact) mass is 252 g/mol. The van der Waals surface area contributed by atoms with Crippen LogP contribution in [0.4, 0.5) is 0 Å². The van der Waals surface area contributed by atoms with Crippen molar-refractivity contribution in [1.82, 2.24) is 10.0 Å². The van der Waals surface area contributed by atoms with Crippen molar-refractivity contribution < 1.29 is 22.7 Å². The molecule has 0 rings (SSSR count). The number of nitrogens with one attached hydrogen (secondary N) is 2. The van der Waals surface area contributed by atoms with Gasteiger partial charge in [-0.05, 0) is 13.3 Å². The summed E-state index contributed by atoms with van der Waals surface area (Å²) in [6.07, 6.45) is 1.45. The summed E-state index contributed by atoms with van der Waals surface area (Å²) in [7, 11) is -3.20. The Morgan fingerprint density at radius 1 is 1.25 bits per heavy atom. The van der Waals surface area contributed by atoms with E-state index in [9.17, 15) is 18.0 Å². The first-order valence-electron chi connectivity index (χ1n) is 4.76. The molecule has 0 spiro atoms. The standard InChI is InChI=1S/C8H16N2O5S/c1-3-15-8(12)7(11)9-5-4-6-10-16(2,13)14/h10H,3-6H2,1-2H3,(H,9,11). The van der Waals surface area contributed by atoms with Crippen LogP contribution in [0.1, 0.15) is 13.3 Å². The van der Waals surface area contributed by atoms with Gasteiger partial charge in [-0.1, -0.05) is 0 Å². The van der Waals surface area contributed by atoms with E-state index in [1.54, 1.807) is 6.92 Å². The Bertz CT molecular complexity index is 338. The average molecular weight is 252 g/mol. The maximum Gasteiger partial charge on any atom is 0.396 e. The van der Waals surface area contributed by atoms with Crippen LogP contribution >= 0.6 is 0 Å². The molecular formula is C8H16N2O5S. The molecule has 0 fully saturated rings. The average Bonchev–Trinajstić information content (AvgIpc) is 2.15. The number of rotatable bonds is 6. The third-order valence-corrected chi connectivity index (χ3v) is 2.19. The highest BCUT2D eigenvalue weighted by molar-refractivity contribution is 7.88. The van der Waals surface area contributed by atoms with Crippen molar-refractivity contribution in [3.05, 3.63) is 0 Å². The van der Waals surface area contributed by atoms with Gasteiger partial charge in [-0.15, -0.1) is 0 Å². The van der Waals surface area contributed by atoms with E-state index in [1.165, 1.54) is 0 Å². The largest absolute Gasteiger partial charge is 0.459 e. The van der Waals surface area contributed by atoms with Crippen LogP contribution in [0, 0.1) is 0 Å². The molecule has 0 radical (unpaired) electrons. The second kappa shape index (κ2) is 7.18. The van der Waals surface area contributed by atoms with Crippen LogP contribution in [-0.2, 0) is 24.3 Å². The number of sulfonamides is 1. The highest BCUT2D eigenvalue weighted by atomic mass is 32.2. The third kappa shape index (κ3) is 8.18. The predicted molar refractivity (Wildman–Crippen MR) is 57.1 cm³/mol. The summed E-state index contributed by atoms with van der Waals surface area (Å²) in [5.41, 5.74) is 0. The zero-order chi connectivity index (χ0) is 12.6. The minimum absolute atomic E-state index is 0.141. The van der Waals surface area contributed by atoms with E-state index in [0.717, 1.165) is 6.26 Å². The Balaban J connectivity index is 3.60. The van der Waals surface area contributed by atoms with Crippen molar-refractivity contribution >= 4 is 21.9 Å². The summed E-state index contributed by atoms with van der Waals surface area (Å²) in [5.74, 6) is -1.75. The second-order valence-electron chi connectivity index (χ2n) is 3.00. The Morgan fingerprint density at radius 2 is 1.88 bits per heavy atom. The van der Waals surface area contributed by atoms with Gasteiger partial charge in [-0.2, -0.15) is 0 Å². The SMILES string of the molecule is CCOC(=O)C(=O)NCCCNS(C)(=O)=O. The minimum atomic E-state index is -3.20. The molecule has 0 saturated carbocycles. The van der Waals surface area contributed by atoms with Crippen molar-refractivity contribution in [3.8, 4) is 0 Å². The molecule has 0 unspecified atom stereocenters. The summed E-state index contributed by atoms with van der Waals surface area (Å²) in [6, 6.07) is 0. The van der Waals surface area contributed by atoms with E-state index < -0.39 is 21.9 Å². The van der Waals surface area contributed by atoms with Gasteiger partial charge in [0.25, 0.3) is 0 Å². The van der Waals surface area contributed by atoms with E-state index >= 15 is 0 Å². The Kier molecular flexibility index (Phi) is 6.66. The lowest BCUT2D eigenvalue weighted by Crippen LogP contribution is -2.34. The molecule has 2 N–H and O–H groups in total. The number of amides is 1. The van der Waals surface area contributed by atoms with Crippen LogP contribution in [0.15, 0.2) is 0 Å². The predicted octanol–water partition coefficient (Wildman–Crippen LogP) is -1.39. The molecule has 0 aliphatic heterocycles. The van der Waals surface area contributed by atoms with Gasteiger partial charge in [-0.3, -0.25) is 4.79 Å². The smallest absolute Gasteiger partial charge is 0.396 e. The van der Waals surface area contributed by atoms with Crippen LogP contribution in [-0.4, -0.2) is 46.2 Å². The van der Waals surface area contributed by atoms with Gasteiger partial charge in [0.1, 0.15) is 0 Å². The fourth-order valence-corrected chi connectivity index (χ4v) is 1.33. The zero-order valence-corrected chi connectivity index (χ0v) is 10.1. The van der Waals surface area contributed by atoms with Crippen LogP contribution < -0.4 is 10.0 Å². The van der Waals surface area contributed by atoms with Crippen LogP contribution in [0.3, 0.4) is 0 Å². The maximum atomic E-state index is 11.0. The molecular weight excluding hydrogens is 236 g/mol. The van der Waals surface area contributed by atoms with E-state index in [2.05, 4.69) is 14.8 Å². The molecule has 7 nitrogen and oxygen atoms in total. The lowest BCUT2D eigenvalue weighted by Gasteiger charge is -2.04. The number of carbonyl (C=O) groups excluding carboxylic acids is 2. The van der Waals surface area contributed by atoms with Crippen LogP contribution in [0.25, 0.3) is 0 Å². The van der Waals surface area contributed by atoms with Crippen molar-refractivity contribution in [1.29, 1.82) is 0 Å². The number of esters is 1. The van der Waals surface area contributed by atoms with Crippen LogP contribution in [0.5, 0.6) is 0 Å². The Morgan fingerprint density at radius 3 is 2.38 bits per heavy atom. The van der Waals surface area contributed by atoms with E-state index in [1.807, 2.05) is 0 Å². The van der Waals surface area contributed by atoms with Crippen molar-refractivity contribution in [2.24, 2.45) is 0 Å². The molecule has 0 bridgehead atoms. The number of hydrogen-bond acceptors (Lipinski definition) is 5. The highest BCUT2D eigenvalue weighted by Gasteiger charge is 2.13. The Labute approximate surface area is 94.6 Å². The molecule has 1 amide bonds. The topological polar surface area (TPSA) is 102 Å². The second-order valence-corrected chi connectivity index (χ2v) is 4.83. The molecule has 8 heteroatoms. The zero-order valence-electron chi connectivity index (χ0n) is 9.28. The fourth-order valence-electron chi connectivity index (χ4n) is 0.817. The summed E-state index contributed by atoms with van der Waals surface area (Å²) in [5, 5.41) is 2.31. The normalized spacial score (nSPS) is 10.9. The van der Waals surface area contributed by atoms with Crippen molar-refractivity contribution in [3.63, 3.8) is 0 Å². The number of ether oxygens (including phenoxy) is 1. The van der Waals surface area contributed by atoms with Gasteiger partial charge < -0.3 is 10.1 Å². The number of hydrogen-bond donors (Lipinski definition) is 2. The van der Waals surface area contributed by atoms with Gasteiger partial charge >= 0.3 is 11.9 Å². The van der Waals surface area contributed by atoms with Gasteiger partial charge in [0.05, 0.1) is 12.9 Å². The molecule has 0 aromatic carbocycles. The molecule has 0 heterocycles. The maximum absolute atomic E-state index is 11.0. The molecule has 0 aromatic heterocycles. The first-order chi connectivity index (χ1) is 7.37. The molecule has 0 aliphatic rings. The first-order valence-corrected chi connectivity index (χ1v) is 6.65. The van der Waals surface area contributed by atoms with Crippen LogP contribution in [0.2, 0.25) is 0 Å². The van der Waals surface area contributed by atoms with Crippen molar-refractivity contribution in [2.45, 2.75) is 13.3 Å². The highest BCUT2D eigenvalue weighted by Crippen LogP contribution is 1.81. The number of carbonyl (C=O) groups is 2. The summed E-state index contributed by atoms with van der Waals surface area (Å²) < 4.78 is 28.0. The molecule has 16 heavy (non-hydrogen) atoms.